The lowest BCUT2D eigenvalue weighted by molar-refractivity contribution is 0.0955. The van der Waals surface area contributed by atoms with E-state index >= 15 is 0 Å². The van der Waals surface area contributed by atoms with E-state index in [9.17, 15) is 9.59 Å². The zero-order valence-electron chi connectivity index (χ0n) is 19.7. The molecule has 0 aliphatic carbocycles. The van der Waals surface area contributed by atoms with Crippen LogP contribution in [0.25, 0.3) is 5.69 Å². The third-order valence-electron chi connectivity index (χ3n) is 5.65. The van der Waals surface area contributed by atoms with Gasteiger partial charge in [-0.05, 0) is 67.4 Å². The second-order valence-corrected chi connectivity index (χ2v) is 8.49. The Morgan fingerprint density at radius 2 is 1.77 bits per heavy atom. The van der Waals surface area contributed by atoms with Gasteiger partial charge in [0.1, 0.15) is 12.4 Å². The average molecular weight is 489 g/mol. The molecule has 7 nitrogen and oxygen atoms in total. The third-order valence-corrected chi connectivity index (χ3v) is 6.07. The molecule has 0 saturated carbocycles. The molecular weight excluding hydrogens is 464 g/mol. The molecule has 4 rings (SSSR count). The van der Waals surface area contributed by atoms with E-state index in [-0.39, 0.29) is 11.5 Å². The maximum Gasteiger partial charge on any atom is 0.274 e. The molecule has 178 valence electrons. The highest BCUT2D eigenvalue weighted by atomic mass is 35.5. The second-order valence-electron chi connectivity index (χ2n) is 8.08. The third kappa shape index (κ3) is 5.36. The van der Waals surface area contributed by atoms with Crippen LogP contribution in [0.1, 0.15) is 32.7 Å². The van der Waals surface area contributed by atoms with Gasteiger partial charge >= 0.3 is 0 Å². The van der Waals surface area contributed by atoms with Crippen molar-refractivity contribution in [1.82, 2.24) is 14.8 Å². The first-order valence-corrected chi connectivity index (χ1v) is 11.4. The minimum absolute atomic E-state index is 0.141. The van der Waals surface area contributed by atoms with Gasteiger partial charge in [-0.3, -0.25) is 14.3 Å². The van der Waals surface area contributed by atoms with Gasteiger partial charge in [0.15, 0.2) is 0 Å². The Hall–Kier alpha value is -4.10. The highest BCUT2D eigenvalue weighted by molar-refractivity contribution is 6.31. The average Bonchev–Trinajstić information content (AvgIpc) is 3.08. The molecule has 0 atom stereocenters. The number of halogens is 1. The van der Waals surface area contributed by atoms with E-state index in [1.165, 1.54) is 6.21 Å². The van der Waals surface area contributed by atoms with E-state index in [1.807, 2.05) is 61.5 Å². The monoisotopic (exact) mass is 488 g/mol. The second kappa shape index (κ2) is 10.4. The van der Waals surface area contributed by atoms with Crippen molar-refractivity contribution in [3.63, 3.8) is 0 Å². The molecule has 0 bridgehead atoms. The van der Waals surface area contributed by atoms with Gasteiger partial charge in [0, 0.05) is 23.2 Å². The fourth-order valence-corrected chi connectivity index (χ4v) is 3.76. The van der Waals surface area contributed by atoms with E-state index in [2.05, 4.69) is 10.5 Å². The van der Waals surface area contributed by atoms with Gasteiger partial charge < -0.3 is 4.74 Å². The standard InChI is InChI=1S/C27H25ClN4O3/c1-18-15-23(13-14-24(18)28)35-17-20-9-11-21(12-10-20)26(33)30-29-16-25-19(2)27(34)32(31(25)3)22-7-5-4-6-8-22/h4-16H,17H2,1-3H3,(H,30,33)/b29-16+. The van der Waals surface area contributed by atoms with Gasteiger partial charge in [-0.1, -0.05) is 41.9 Å². The minimum atomic E-state index is -0.354. The van der Waals surface area contributed by atoms with Gasteiger partial charge in [-0.25, -0.2) is 10.1 Å². The highest BCUT2D eigenvalue weighted by Gasteiger charge is 2.14. The highest BCUT2D eigenvalue weighted by Crippen LogP contribution is 2.22. The number of aryl methyl sites for hydroxylation is 1. The number of hydrogen-bond acceptors (Lipinski definition) is 4. The number of carbonyl (C=O) groups is 1. The summed E-state index contributed by atoms with van der Waals surface area (Å²) < 4.78 is 9.06. The van der Waals surface area contributed by atoms with Gasteiger partial charge in [-0.15, -0.1) is 0 Å². The number of aromatic nitrogens is 2. The molecule has 35 heavy (non-hydrogen) atoms. The SMILES string of the molecule is Cc1cc(OCc2ccc(C(=O)N/N=C/c3c(C)c(=O)n(-c4ccccc4)n3C)cc2)ccc1Cl. The van der Waals surface area contributed by atoms with Crippen LogP contribution in [0.2, 0.25) is 5.02 Å². The van der Waals surface area contributed by atoms with E-state index in [0.29, 0.717) is 28.5 Å². The number of rotatable bonds is 7. The van der Waals surface area contributed by atoms with Crippen molar-refractivity contribution in [2.45, 2.75) is 20.5 Å². The zero-order chi connectivity index (χ0) is 24.9. The first-order chi connectivity index (χ1) is 16.8. The molecule has 0 saturated heterocycles. The molecule has 0 aliphatic heterocycles. The van der Waals surface area contributed by atoms with E-state index < -0.39 is 0 Å². The maximum absolute atomic E-state index is 12.7. The van der Waals surface area contributed by atoms with Gasteiger partial charge in [0.25, 0.3) is 11.5 Å². The Morgan fingerprint density at radius 3 is 2.46 bits per heavy atom. The summed E-state index contributed by atoms with van der Waals surface area (Å²) in [6, 6.07) is 21.9. The number of nitrogens with one attached hydrogen (secondary N) is 1. The Morgan fingerprint density at radius 1 is 1.06 bits per heavy atom. The van der Waals surface area contributed by atoms with E-state index in [0.717, 1.165) is 22.6 Å². The van der Waals surface area contributed by atoms with Crippen LogP contribution in [0.3, 0.4) is 0 Å². The molecular formula is C27H25ClN4O3. The fourth-order valence-electron chi connectivity index (χ4n) is 3.64. The Bertz CT molecular complexity index is 1440. The van der Waals surface area contributed by atoms with Crippen molar-refractivity contribution in [2.24, 2.45) is 12.1 Å². The lowest BCUT2D eigenvalue weighted by Crippen LogP contribution is -2.20. The molecule has 1 heterocycles. The predicted molar refractivity (Wildman–Crippen MR) is 138 cm³/mol. The first-order valence-electron chi connectivity index (χ1n) is 11.0. The summed E-state index contributed by atoms with van der Waals surface area (Å²) in [5.74, 6) is 0.376. The van der Waals surface area contributed by atoms with Crippen LogP contribution in [0.5, 0.6) is 5.75 Å². The van der Waals surface area contributed by atoms with Crippen LogP contribution in [-0.4, -0.2) is 21.5 Å². The van der Waals surface area contributed by atoms with Crippen LogP contribution in [0, 0.1) is 13.8 Å². The van der Waals surface area contributed by atoms with Gasteiger partial charge in [-0.2, -0.15) is 5.10 Å². The van der Waals surface area contributed by atoms with Crippen LogP contribution in [-0.2, 0) is 13.7 Å². The first kappa shape index (κ1) is 24.0. The molecule has 0 aliphatic rings. The van der Waals surface area contributed by atoms with Crippen LogP contribution < -0.4 is 15.7 Å². The van der Waals surface area contributed by atoms with Crippen molar-refractivity contribution >= 4 is 23.7 Å². The Balaban J connectivity index is 1.39. The number of amides is 1. The molecule has 0 fully saturated rings. The maximum atomic E-state index is 12.7. The number of carbonyl (C=O) groups excluding carboxylic acids is 1. The molecule has 0 radical (unpaired) electrons. The number of para-hydroxylation sites is 1. The number of nitrogens with zero attached hydrogens (tertiary/aromatic N) is 3. The number of hydrazone groups is 1. The molecule has 0 spiro atoms. The number of ether oxygens (including phenoxy) is 1. The lowest BCUT2D eigenvalue weighted by Gasteiger charge is -2.08. The minimum Gasteiger partial charge on any atom is -0.489 e. The van der Waals surface area contributed by atoms with Crippen molar-refractivity contribution in [3.05, 3.63) is 116 Å². The topological polar surface area (TPSA) is 77.6 Å². The molecule has 1 N–H and O–H groups in total. The number of benzene rings is 3. The summed E-state index contributed by atoms with van der Waals surface area (Å²) in [4.78, 5) is 25.2. The number of hydrogen-bond donors (Lipinski definition) is 1. The summed E-state index contributed by atoms with van der Waals surface area (Å²) in [5.41, 5.74) is 6.60. The quantitative estimate of drug-likeness (QED) is 0.300. The lowest BCUT2D eigenvalue weighted by atomic mass is 10.1. The Labute approximate surface area is 208 Å². The molecule has 4 aromatic rings. The van der Waals surface area contributed by atoms with Crippen LogP contribution in [0.4, 0.5) is 0 Å². The van der Waals surface area contributed by atoms with Crippen LogP contribution in [0.15, 0.2) is 82.7 Å². The Kier molecular flexibility index (Phi) is 7.17. The van der Waals surface area contributed by atoms with E-state index in [1.54, 1.807) is 41.5 Å². The van der Waals surface area contributed by atoms with Gasteiger partial charge in [0.2, 0.25) is 0 Å². The summed E-state index contributed by atoms with van der Waals surface area (Å²) in [6.45, 7) is 4.02. The molecule has 1 aromatic heterocycles. The summed E-state index contributed by atoms with van der Waals surface area (Å²) >= 11 is 6.05. The predicted octanol–water partition coefficient (Wildman–Crippen LogP) is 4.79. The fraction of sp³-hybridized carbons (Fsp3) is 0.148. The van der Waals surface area contributed by atoms with Crippen molar-refractivity contribution in [2.75, 3.05) is 0 Å². The summed E-state index contributed by atoms with van der Waals surface area (Å²) in [5, 5.41) is 4.76. The molecule has 1 amide bonds. The largest absolute Gasteiger partial charge is 0.489 e. The molecule has 8 heteroatoms. The van der Waals surface area contributed by atoms with E-state index in [4.69, 9.17) is 16.3 Å². The summed E-state index contributed by atoms with van der Waals surface area (Å²) in [7, 11) is 1.77. The zero-order valence-corrected chi connectivity index (χ0v) is 20.4. The normalized spacial score (nSPS) is 11.1. The van der Waals surface area contributed by atoms with Crippen molar-refractivity contribution in [3.8, 4) is 11.4 Å². The van der Waals surface area contributed by atoms with Crippen molar-refractivity contribution in [1.29, 1.82) is 0 Å². The molecule has 3 aromatic carbocycles. The summed E-state index contributed by atoms with van der Waals surface area (Å²) in [6.07, 6.45) is 1.48. The van der Waals surface area contributed by atoms with Gasteiger partial charge in [0.05, 0.1) is 17.6 Å². The van der Waals surface area contributed by atoms with Crippen molar-refractivity contribution < 1.29 is 9.53 Å². The van der Waals surface area contributed by atoms with Crippen LogP contribution >= 0.6 is 11.6 Å². The molecule has 0 unspecified atom stereocenters. The smallest absolute Gasteiger partial charge is 0.274 e.